The Labute approximate surface area is 152 Å². The van der Waals surface area contributed by atoms with Crippen molar-refractivity contribution >= 4 is 34.4 Å². The van der Waals surface area contributed by atoms with Gasteiger partial charge in [0.25, 0.3) is 0 Å². The fraction of sp³-hybridized carbons (Fsp3) is 0.588. The quantitative estimate of drug-likeness (QED) is 0.721. The lowest BCUT2D eigenvalue weighted by Crippen LogP contribution is -2.43. The van der Waals surface area contributed by atoms with Crippen molar-refractivity contribution in [3.05, 3.63) is 26.8 Å². The molecule has 2 rings (SSSR count). The average molecular weight is 431 g/mol. The minimum absolute atomic E-state index is 0.407. The summed E-state index contributed by atoms with van der Waals surface area (Å²) in [5, 5.41) is 6.26. The molecule has 1 aliphatic heterocycles. The van der Waals surface area contributed by atoms with Gasteiger partial charge in [-0.05, 0) is 73.5 Å². The Hall–Kier alpha value is -0.860. The zero-order valence-electron chi connectivity index (χ0n) is 14.3. The lowest BCUT2D eigenvalue weighted by atomic mass is 10.1. The Bertz CT molecular complexity index is 564. The van der Waals surface area contributed by atoms with E-state index in [1.165, 1.54) is 5.56 Å². The van der Waals surface area contributed by atoms with Gasteiger partial charge in [0.05, 0.1) is 0 Å². The molecule has 0 aromatic heterocycles. The number of carbonyl (C=O) groups excluding carboxylic acids is 1. The number of halogens is 1. The highest BCUT2D eigenvalue weighted by Gasteiger charge is 2.18. The van der Waals surface area contributed by atoms with Gasteiger partial charge >= 0.3 is 6.09 Å². The van der Waals surface area contributed by atoms with Gasteiger partial charge in [0, 0.05) is 42.0 Å². The number of carbonyl (C=O) groups is 1. The van der Waals surface area contributed by atoms with E-state index in [2.05, 4.69) is 51.1 Å². The molecule has 6 heteroatoms. The Morgan fingerprint density at radius 1 is 1.35 bits per heavy atom. The molecule has 1 aromatic carbocycles. The molecule has 128 valence electrons. The second-order valence-electron chi connectivity index (χ2n) is 6.89. The minimum atomic E-state index is -0.496. The summed E-state index contributed by atoms with van der Waals surface area (Å²) >= 11 is 2.29. The number of benzene rings is 1. The van der Waals surface area contributed by atoms with Gasteiger partial charge in [0.15, 0.2) is 0 Å². The lowest BCUT2D eigenvalue weighted by Gasteiger charge is -2.28. The van der Waals surface area contributed by atoms with Gasteiger partial charge in [0.2, 0.25) is 0 Å². The number of nitrogens with one attached hydrogen (secondary N) is 2. The third-order valence-electron chi connectivity index (χ3n) is 3.72. The number of piperazine rings is 1. The zero-order valence-corrected chi connectivity index (χ0v) is 16.5. The number of amides is 1. The van der Waals surface area contributed by atoms with Crippen molar-refractivity contribution in [2.24, 2.45) is 0 Å². The largest absolute Gasteiger partial charge is 0.444 e. The van der Waals surface area contributed by atoms with E-state index in [0.717, 1.165) is 47.5 Å². The van der Waals surface area contributed by atoms with Gasteiger partial charge < -0.3 is 10.1 Å². The van der Waals surface area contributed by atoms with Crippen LogP contribution < -0.4 is 10.6 Å². The smallest absolute Gasteiger partial charge is 0.412 e. The van der Waals surface area contributed by atoms with E-state index in [0.29, 0.717) is 0 Å². The Balaban J connectivity index is 2.12. The maximum atomic E-state index is 12.0. The van der Waals surface area contributed by atoms with Gasteiger partial charge in [-0.2, -0.15) is 0 Å². The molecule has 1 fully saturated rings. The van der Waals surface area contributed by atoms with Crippen molar-refractivity contribution in [2.45, 2.75) is 39.8 Å². The van der Waals surface area contributed by atoms with Crippen LogP contribution in [-0.4, -0.2) is 42.8 Å². The normalized spacial score (nSPS) is 16.2. The number of nitrogens with zero attached hydrogens (tertiary/aromatic N) is 1. The van der Waals surface area contributed by atoms with Crippen molar-refractivity contribution in [1.29, 1.82) is 0 Å². The predicted molar refractivity (Wildman–Crippen MR) is 102 cm³/mol. The molecule has 5 nitrogen and oxygen atoms in total. The fourth-order valence-corrected chi connectivity index (χ4v) is 3.24. The Kier molecular flexibility index (Phi) is 6.27. The topological polar surface area (TPSA) is 53.6 Å². The number of ether oxygens (including phenoxy) is 1. The van der Waals surface area contributed by atoms with Crippen LogP contribution in [0.15, 0.2) is 12.1 Å². The van der Waals surface area contributed by atoms with Crippen molar-refractivity contribution in [3.63, 3.8) is 0 Å². The molecule has 1 aromatic rings. The summed E-state index contributed by atoms with van der Waals surface area (Å²) in [5.74, 6) is 0. The van der Waals surface area contributed by atoms with Crippen LogP contribution in [-0.2, 0) is 11.3 Å². The summed E-state index contributed by atoms with van der Waals surface area (Å²) in [6.45, 7) is 12.7. The first-order valence-electron chi connectivity index (χ1n) is 7.97. The minimum Gasteiger partial charge on any atom is -0.444 e. The SMILES string of the molecule is Cc1c(CN2CCNCC2)cc(I)cc1NC(=O)OC(C)(C)C. The van der Waals surface area contributed by atoms with E-state index in [-0.39, 0.29) is 0 Å². The number of anilines is 1. The highest BCUT2D eigenvalue weighted by atomic mass is 127. The van der Waals surface area contributed by atoms with E-state index < -0.39 is 11.7 Å². The maximum Gasteiger partial charge on any atom is 0.412 e. The number of hydrogen-bond donors (Lipinski definition) is 2. The van der Waals surface area contributed by atoms with Crippen LogP contribution in [0.5, 0.6) is 0 Å². The molecule has 23 heavy (non-hydrogen) atoms. The predicted octanol–water partition coefficient (Wildman–Crippen LogP) is 3.35. The number of rotatable bonds is 3. The van der Waals surface area contributed by atoms with Crippen LogP contribution >= 0.6 is 22.6 Å². The van der Waals surface area contributed by atoms with Crippen LogP contribution in [0.3, 0.4) is 0 Å². The van der Waals surface area contributed by atoms with Gasteiger partial charge in [-0.25, -0.2) is 4.79 Å². The van der Waals surface area contributed by atoms with E-state index >= 15 is 0 Å². The summed E-state index contributed by atoms with van der Waals surface area (Å²) in [6, 6.07) is 4.18. The van der Waals surface area contributed by atoms with Crippen LogP contribution in [0.25, 0.3) is 0 Å². The van der Waals surface area contributed by atoms with Crippen LogP contribution in [0.2, 0.25) is 0 Å². The van der Waals surface area contributed by atoms with E-state index in [1.54, 1.807) is 0 Å². The Morgan fingerprint density at radius 2 is 2.00 bits per heavy atom. The molecule has 1 amide bonds. The standard InChI is InChI=1S/C17H26IN3O2/c1-12-13(11-21-7-5-19-6-8-21)9-14(18)10-15(12)20-16(22)23-17(2,3)4/h9-10,19H,5-8,11H2,1-4H3,(H,20,22). The molecule has 0 aliphatic carbocycles. The van der Waals surface area contributed by atoms with E-state index in [1.807, 2.05) is 26.8 Å². The first-order valence-corrected chi connectivity index (χ1v) is 9.04. The molecule has 0 unspecified atom stereocenters. The summed E-state index contributed by atoms with van der Waals surface area (Å²) in [4.78, 5) is 14.5. The maximum absolute atomic E-state index is 12.0. The third-order valence-corrected chi connectivity index (χ3v) is 4.34. The van der Waals surface area contributed by atoms with Gasteiger partial charge in [-0.1, -0.05) is 0 Å². The fourth-order valence-electron chi connectivity index (χ4n) is 2.55. The zero-order chi connectivity index (χ0) is 17.0. The van der Waals surface area contributed by atoms with Crippen molar-refractivity contribution < 1.29 is 9.53 Å². The van der Waals surface area contributed by atoms with Gasteiger partial charge in [-0.3, -0.25) is 10.2 Å². The van der Waals surface area contributed by atoms with Crippen LogP contribution in [0, 0.1) is 10.5 Å². The highest BCUT2D eigenvalue weighted by molar-refractivity contribution is 14.1. The van der Waals surface area contributed by atoms with Crippen LogP contribution in [0.4, 0.5) is 10.5 Å². The highest BCUT2D eigenvalue weighted by Crippen LogP contribution is 2.25. The van der Waals surface area contributed by atoms with Crippen molar-refractivity contribution in [1.82, 2.24) is 10.2 Å². The molecular weight excluding hydrogens is 405 g/mol. The molecule has 1 saturated heterocycles. The summed E-state index contributed by atoms with van der Waals surface area (Å²) in [7, 11) is 0. The lowest BCUT2D eigenvalue weighted by molar-refractivity contribution is 0.0636. The molecule has 0 atom stereocenters. The molecule has 2 N–H and O–H groups in total. The molecular formula is C17H26IN3O2. The summed E-state index contributed by atoms with van der Waals surface area (Å²) < 4.78 is 6.47. The third kappa shape index (κ3) is 5.93. The van der Waals surface area contributed by atoms with E-state index in [9.17, 15) is 4.79 Å². The summed E-state index contributed by atoms with van der Waals surface area (Å²) in [5.41, 5.74) is 2.69. The van der Waals surface area contributed by atoms with E-state index in [4.69, 9.17) is 4.74 Å². The van der Waals surface area contributed by atoms with Gasteiger partial charge in [0.1, 0.15) is 5.60 Å². The average Bonchev–Trinajstić information content (AvgIpc) is 2.43. The first-order chi connectivity index (χ1) is 10.7. The molecule has 0 saturated carbocycles. The monoisotopic (exact) mass is 431 g/mol. The summed E-state index contributed by atoms with van der Waals surface area (Å²) in [6.07, 6.45) is -0.407. The number of hydrogen-bond acceptors (Lipinski definition) is 4. The molecule has 1 aliphatic rings. The molecule has 0 spiro atoms. The molecule has 1 heterocycles. The molecule has 0 radical (unpaired) electrons. The van der Waals surface area contributed by atoms with Gasteiger partial charge in [-0.15, -0.1) is 0 Å². The second kappa shape index (κ2) is 7.81. The second-order valence-corrected chi connectivity index (χ2v) is 8.14. The van der Waals surface area contributed by atoms with Crippen LogP contribution in [0.1, 0.15) is 31.9 Å². The van der Waals surface area contributed by atoms with Crippen molar-refractivity contribution in [3.8, 4) is 0 Å². The Morgan fingerprint density at radius 3 is 2.61 bits per heavy atom. The molecule has 0 bridgehead atoms. The first kappa shape index (κ1) is 18.5. The van der Waals surface area contributed by atoms with Crippen molar-refractivity contribution in [2.75, 3.05) is 31.5 Å².